The molecule has 116 valence electrons. The van der Waals surface area contributed by atoms with Gasteiger partial charge in [-0.3, -0.25) is 10.1 Å². The Morgan fingerprint density at radius 2 is 2.00 bits per heavy atom. The number of amides is 3. The molecule has 0 aliphatic heterocycles. The molecular weight excluding hydrogens is 300 g/mol. The van der Waals surface area contributed by atoms with Gasteiger partial charge in [-0.25, -0.2) is 9.78 Å². The van der Waals surface area contributed by atoms with Gasteiger partial charge in [0.1, 0.15) is 0 Å². The number of nitrogens with zero attached hydrogens (tertiary/aromatic N) is 2. The van der Waals surface area contributed by atoms with Gasteiger partial charge in [-0.05, 0) is 5.56 Å². The van der Waals surface area contributed by atoms with Crippen LogP contribution in [0.5, 0.6) is 0 Å². The van der Waals surface area contributed by atoms with Crippen molar-refractivity contribution in [3.63, 3.8) is 0 Å². The van der Waals surface area contributed by atoms with Crippen LogP contribution >= 0.6 is 11.3 Å². The number of aromatic nitrogens is 1. The monoisotopic (exact) mass is 318 g/mol. The van der Waals surface area contributed by atoms with E-state index in [9.17, 15) is 9.59 Å². The van der Waals surface area contributed by atoms with Crippen LogP contribution in [0.2, 0.25) is 0 Å². The van der Waals surface area contributed by atoms with Crippen LogP contribution in [0.3, 0.4) is 0 Å². The topological polar surface area (TPSA) is 74.3 Å². The summed E-state index contributed by atoms with van der Waals surface area (Å²) in [5.74, 6) is -0.0524. The molecule has 2 rings (SSSR count). The van der Waals surface area contributed by atoms with Crippen LogP contribution < -0.4 is 10.6 Å². The summed E-state index contributed by atoms with van der Waals surface area (Å²) < 4.78 is 0. The van der Waals surface area contributed by atoms with Crippen LogP contribution in [-0.2, 0) is 4.79 Å². The molecule has 0 aliphatic carbocycles. The molecule has 2 aromatic rings. The summed E-state index contributed by atoms with van der Waals surface area (Å²) in [6, 6.07) is 8.65. The lowest BCUT2D eigenvalue weighted by atomic mass is 10.0. The molecule has 0 radical (unpaired) electrons. The Hall–Kier alpha value is -2.41. The molecule has 1 aromatic carbocycles. The summed E-state index contributed by atoms with van der Waals surface area (Å²) in [4.78, 5) is 29.5. The number of nitrogens with one attached hydrogen (secondary N) is 2. The Morgan fingerprint density at radius 3 is 2.59 bits per heavy atom. The fourth-order valence-corrected chi connectivity index (χ4v) is 2.40. The van der Waals surface area contributed by atoms with Crippen LogP contribution in [0.15, 0.2) is 41.9 Å². The van der Waals surface area contributed by atoms with Gasteiger partial charge < -0.3 is 10.2 Å². The zero-order chi connectivity index (χ0) is 15.9. The van der Waals surface area contributed by atoms with E-state index in [0.29, 0.717) is 5.13 Å². The SMILES string of the molecule is CN(C)C(=O)C[C@@H](NC(=O)Nc1nccs1)c1ccccc1. The number of hydrogen-bond donors (Lipinski definition) is 2. The lowest BCUT2D eigenvalue weighted by Gasteiger charge is -2.20. The second-order valence-corrected chi connectivity index (χ2v) is 5.79. The van der Waals surface area contributed by atoms with E-state index in [4.69, 9.17) is 0 Å². The first kappa shape index (κ1) is 16.0. The number of carbonyl (C=O) groups is 2. The standard InChI is InChI=1S/C15H18N4O2S/c1-19(2)13(20)10-12(11-6-4-3-5-7-11)17-14(21)18-15-16-8-9-22-15/h3-9,12H,10H2,1-2H3,(H2,16,17,18,21)/t12-/m1/s1. The van der Waals surface area contributed by atoms with Gasteiger partial charge in [0.2, 0.25) is 5.91 Å². The van der Waals surface area contributed by atoms with Crippen LogP contribution in [0.25, 0.3) is 0 Å². The summed E-state index contributed by atoms with van der Waals surface area (Å²) >= 11 is 1.33. The van der Waals surface area contributed by atoms with Crippen LogP contribution in [0.4, 0.5) is 9.93 Å². The largest absolute Gasteiger partial charge is 0.349 e. The van der Waals surface area contributed by atoms with Crippen molar-refractivity contribution in [2.24, 2.45) is 0 Å². The summed E-state index contributed by atoms with van der Waals surface area (Å²) in [5, 5.41) is 7.78. The molecule has 1 atom stereocenters. The van der Waals surface area contributed by atoms with Gasteiger partial charge in [-0.15, -0.1) is 11.3 Å². The van der Waals surface area contributed by atoms with Crippen molar-refractivity contribution in [1.82, 2.24) is 15.2 Å². The Kier molecular flexibility index (Phi) is 5.48. The highest BCUT2D eigenvalue weighted by atomic mass is 32.1. The summed E-state index contributed by atoms with van der Waals surface area (Å²) in [6.07, 6.45) is 1.81. The second kappa shape index (κ2) is 7.56. The molecule has 0 fully saturated rings. The highest BCUT2D eigenvalue weighted by Gasteiger charge is 2.19. The maximum atomic E-state index is 12.1. The number of anilines is 1. The third-order valence-electron chi connectivity index (χ3n) is 3.04. The van der Waals surface area contributed by atoms with Crippen LogP contribution in [0, 0.1) is 0 Å². The molecule has 0 unspecified atom stereocenters. The van der Waals surface area contributed by atoms with Gasteiger partial charge in [-0.2, -0.15) is 0 Å². The predicted octanol–water partition coefficient (Wildman–Crippen LogP) is 2.48. The molecule has 0 saturated heterocycles. The fraction of sp³-hybridized carbons (Fsp3) is 0.267. The van der Waals surface area contributed by atoms with E-state index < -0.39 is 6.04 Å². The van der Waals surface area contributed by atoms with E-state index in [1.807, 2.05) is 30.3 Å². The van der Waals surface area contributed by atoms with Crippen molar-refractivity contribution in [3.05, 3.63) is 47.5 Å². The number of thiazole rings is 1. The predicted molar refractivity (Wildman–Crippen MR) is 86.8 cm³/mol. The van der Waals surface area contributed by atoms with Gasteiger partial charge in [0, 0.05) is 25.7 Å². The van der Waals surface area contributed by atoms with Gasteiger partial charge in [0.05, 0.1) is 12.5 Å². The minimum absolute atomic E-state index is 0.0524. The molecule has 0 bridgehead atoms. The van der Waals surface area contributed by atoms with Gasteiger partial charge >= 0.3 is 6.03 Å². The first-order chi connectivity index (χ1) is 10.6. The number of rotatable bonds is 5. The first-order valence-electron chi connectivity index (χ1n) is 6.78. The number of urea groups is 1. The Labute approximate surface area is 133 Å². The van der Waals surface area contributed by atoms with E-state index in [1.165, 1.54) is 16.2 Å². The van der Waals surface area contributed by atoms with Crippen LogP contribution in [-0.4, -0.2) is 35.9 Å². The normalized spacial score (nSPS) is 11.5. The van der Waals surface area contributed by atoms with Crippen molar-refractivity contribution in [3.8, 4) is 0 Å². The van der Waals surface area contributed by atoms with Crippen molar-refractivity contribution >= 4 is 28.4 Å². The lowest BCUT2D eigenvalue weighted by molar-refractivity contribution is -0.129. The average molecular weight is 318 g/mol. The summed E-state index contributed by atoms with van der Waals surface area (Å²) in [7, 11) is 3.39. The van der Waals surface area contributed by atoms with Gasteiger partial charge in [-0.1, -0.05) is 30.3 Å². The van der Waals surface area contributed by atoms with E-state index in [-0.39, 0.29) is 18.4 Å². The molecule has 1 heterocycles. The first-order valence-corrected chi connectivity index (χ1v) is 7.66. The average Bonchev–Trinajstić information content (AvgIpc) is 3.00. The molecular formula is C15H18N4O2S. The fourth-order valence-electron chi connectivity index (χ4n) is 1.87. The Morgan fingerprint density at radius 1 is 1.27 bits per heavy atom. The quantitative estimate of drug-likeness (QED) is 0.889. The molecule has 3 amide bonds. The Bertz CT molecular complexity index is 614. The van der Waals surface area contributed by atoms with Gasteiger partial charge in [0.15, 0.2) is 5.13 Å². The van der Waals surface area contributed by atoms with Crippen molar-refractivity contribution in [2.75, 3.05) is 19.4 Å². The summed E-state index contributed by atoms with van der Waals surface area (Å²) in [5.41, 5.74) is 0.881. The van der Waals surface area contributed by atoms with Crippen molar-refractivity contribution < 1.29 is 9.59 Å². The molecule has 0 aliphatic rings. The summed E-state index contributed by atoms with van der Waals surface area (Å²) in [6.45, 7) is 0. The Balaban J connectivity index is 2.07. The number of hydrogen-bond acceptors (Lipinski definition) is 4. The molecule has 2 N–H and O–H groups in total. The highest BCUT2D eigenvalue weighted by molar-refractivity contribution is 7.13. The molecule has 1 aromatic heterocycles. The minimum atomic E-state index is -0.393. The molecule has 6 nitrogen and oxygen atoms in total. The molecule has 7 heteroatoms. The second-order valence-electron chi connectivity index (χ2n) is 4.89. The van der Waals surface area contributed by atoms with Gasteiger partial charge in [0.25, 0.3) is 0 Å². The maximum Gasteiger partial charge on any atom is 0.321 e. The highest BCUT2D eigenvalue weighted by Crippen LogP contribution is 2.18. The molecule has 22 heavy (non-hydrogen) atoms. The number of carbonyl (C=O) groups excluding carboxylic acids is 2. The number of benzene rings is 1. The minimum Gasteiger partial charge on any atom is -0.349 e. The van der Waals surface area contributed by atoms with E-state index in [2.05, 4.69) is 15.6 Å². The van der Waals surface area contributed by atoms with Crippen LogP contribution in [0.1, 0.15) is 18.0 Å². The zero-order valence-electron chi connectivity index (χ0n) is 12.4. The maximum absolute atomic E-state index is 12.1. The zero-order valence-corrected chi connectivity index (χ0v) is 13.3. The van der Waals surface area contributed by atoms with E-state index in [1.54, 1.807) is 25.7 Å². The third-order valence-corrected chi connectivity index (χ3v) is 3.73. The lowest BCUT2D eigenvalue weighted by Crippen LogP contribution is -2.35. The van der Waals surface area contributed by atoms with E-state index in [0.717, 1.165) is 5.56 Å². The van der Waals surface area contributed by atoms with Crippen molar-refractivity contribution in [1.29, 1.82) is 0 Å². The van der Waals surface area contributed by atoms with Crippen molar-refractivity contribution in [2.45, 2.75) is 12.5 Å². The molecule has 0 saturated carbocycles. The third kappa shape index (κ3) is 4.56. The van der Waals surface area contributed by atoms with E-state index >= 15 is 0 Å². The smallest absolute Gasteiger partial charge is 0.321 e. The molecule has 0 spiro atoms.